The van der Waals surface area contributed by atoms with Crippen LogP contribution in [0.4, 0.5) is 10.1 Å². The minimum atomic E-state index is -0.475. The van der Waals surface area contributed by atoms with E-state index in [0.29, 0.717) is 12.0 Å². The van der Waals surface area contributed by atoms with E-state index in [4.69, 9.17) is 0 Å². The number of nitrogens with zero attached hydrogens (tertiary/aromatic N) is 1. The zero-order valence-corrected chi connectivity index (χ0v) is 9.37. The highest BCUT2D eigenvalue weighted by atomic mass is 19.1. The normalized spacial score (nSPS) is 12.4. The second-order valence-corrected chi connectivity index (χ2v) is 3.63. The topological polar surface area (TPSA) is 55.2 Å². The lowest BCUT2D eigenvalue weighted by atomic mass is 10.0. The third-order valence-electron chi connectivity index (χ3n) is 2.61. The first-order valence-electron chi connectivity index (χ1n) is 5.18. The second kappa shape index (κ2) is 5.55. The number of nitro groups is 1. The van der Waals surface area contributed by atoms with Crippen LogP contribution < -0.4 is 5.32 Å². The van der Waals surface area contributed by atoms with Crippen LogP contribution in [0.1, 0.15) is 18.9 Å². The van der Waals surface area contributed by atoms with Crippen molar-refractivity contribution in [3.63, 3.8) is 0 Å². The Labute approximate surface area is 93.6 Å². The van der Waals surface area contributed by atoms with Gasteiger partial charge in [-0.1, -0.05) is 6.92 Å². The fourth-order valence-electron chi connectivity index (χ4n) is 1.61. The molecule has 0 aliphatic rings. The minimum absolute atomic E-state index is 0.0184. The number of hydrogen-bond acceptors (Lipinski definition) is 3. The number of hydrogen-bond donors (Lipinski definition) is 1. The molecule has 0 aliphatic heterocycles. The summed E-state index contributed by atoms with van der Waals surface area (Å²) in [4.78, 5) is 10.3. The zero-order chi connectivity index (χ0) is 12.1. The van der Waals surface area contributed by atoms with Gasteiger partial charge in [0, 0.05) is 17.7 Å². The number of likely N-dealkylation sites (N-methyl/N-ethyl adjacent to an activating group) is 1. The van der Waals surface area contributed by atoms with Crippen LogP contribution in [-0.4, -0.2) is 18.0 Å². The highest BCUT2D eigenvalue weighted by Crippen LogP contribution is 2.21. The van der Waals surface area contributed by atoms with Crippen LogP contribution in [0.15, 0.2) is 18.2 Å². The standard InChI is InChI=1S/C11H15FN2O2/c1-3-10(13-2)7-8-6-9(12)4-5-11(8)14(15)16/h4-6,10,13H,3,7H2,1-2H3. The van der Waals surface area contributed by atoms with Crippen LogP contribution in [0.2, 0.25) is 0 Å². The van der Waals surface area contributed by atoms with Crippen molar-refractivity contribution in [1.82, 2.24) is 5.32 Å². The van der Waals surface area contributed by atoms with E-state index in [9.17, 15) is 14.5 Å². The van der Waals surface area contributed by atoms with Gasteiger partial charge in [0.25, 0.3) is 5.69 Å². The van der Waals surface area contributed by atoms with E-state index in [1.165, 1.54) is 12.1 Å². The Kier molecular flexibility index (Phi) is 4.37. The number of nitro benzene ring substituents is 1. The maximum atomic E-state index is 13.0. The summed E-state index contributed by atoms with van der Waals surface area (Å²) >= 11 is 0. The van der Waals surface area contributed by atoms with Crippen LogP contribution in [0.3, 0.4) is 0 Å². The van der Waals surface area contributed by atoms with Crippen molar-refractivity contribution in [1.29, 1.82) is 0 Å². The minimum Gasteiger partial charge on any atom is -0.317 e. The third kappa shape index (κ3) is 3.00. The number of halogens is 1. The third-order valence-corrected chi connectivity index (χ3v) is 2.61. The molecule has 1 rings (SSSR count). The van der Waals surface area contributed by atoms with Gasteiger partial charge in [-0.15, -0.1) is 0 Å². The van der Waals surface area contributed by atoms with Gasteiger partial charge in [-0.2, -0.15) is 0 Å². The lowest BCUT2D eigenvalue weighted by Gasteiger charge is -2.13. The largest absolute Gasteiger partial charge is 0.317 e. The quantitative estimate of drug-likeness (QED) is 0.619. The summed E-state index contributed by atoms with van der Waals surface area (Å²) in [5, 5.41) is 13.8. The number of rotatable bonds is 5. The summed E-state index contributed by atoms with van der Waals surface area (Å²) in [7, 11) is 1.79. The Bertz CT molecular complexity index is 378. The molecule has 16 heavy (non-hydrogen) atoms. The van der Waals surface area contributed by atoms with E-state index < -0.39 is 10.7 Å². The zero-order valence-electron chi connectivity index (χ0n) is 9.37. The van der Waals surface area contributed by atoms with Crippen molar-refractivity contribution in [2.45, 2.75) is 25.8 Å². The van der Waals surface area contributed by atoms with Gasteiger partial charge in [0.2, 0.25) is 0 Å². The maximum Gasteiger partial charge on any atom is 0.272 e. The number of benzene rings is 1. The molecule has 88 valence electrons. The second-order valence-electron chi connectivity index (χ2n) is 3.63. The molecule has 0 aliphatic carbocycles. The van der Waals surface area contributed by atoms with Crippen LogP contribution in [0, 0.1) is 15.9 Å². The monoisotopic (exact) mass is 226 g/mol. The lowest BCUT2D eigenvalue weighted by molar-refractivity contribution is -0.385. The summed E-state index contributed by atoms with van der Waals surface area (Å²) in [5.41, 5.74) is 0.418. The van der Waals surface area contributed by atoms with Crippen molar-refractivity contribution in [3.8, 4) is 0 Å². The SMILES string of the molecule is CCC(Cc1cc(F)ccc1[N+](=O)[O-])NC. The predicted octanol–water partition coefficient (Wildman–Crippen LogP) is 2.27. The van der Waals surface area contributed by atoms with Crippen LogP contribution in [0.25, 0.3) is 0 Å². The van der Waals surface area contributed by atoms with Gasteiger partial charge >= 0.3 is 0 Å². The molecule has 0 radical (unpaired) electrons. The molecule has 5 heteroatoms. The van der Waals surface area contributed by atoms with Gasteiger partial charge in [-0.3, -0.25) is 10.1 Å². The van der Waals surface area contributed by atoms with E-state index in [2.05, 4.69) is 5.32 Å². The Balaban J connectivity index is 3.00. The summed E-state index contributed by atoms with van der Waals surface area (Å²) in [5.74, 6) is -0.438. The molecule has 0 saturated carbocycles. The maximum absolute atomic E-state index is 13.0. The Morgan fingerprint density at radius 2 is 2.25 bits per heavy atom. The molecule has 0 fully saturated rings. The fourth-order valence-corrected chi connectivity index (χ4v) is 1.61. The van der Waals surface area contributed by atoms with E-state index in [1.807, 2.05) is 6.92 Å². The molecule has 0 heterocycles. The van der Waals surface area contributed by atoms with Gasteiger partial charge < -0.3 is 5.32 Å². The van der Waals surface area contributed by atoms with Gasteiger partial charge in [0.1, 0.15) is 5.82 Å². The summed E-state index contributed by atoms with van der Waals surface area (Å²) in [6.07, 6.45) is 1.30. The van der Waals surface area contributed by atoms with Gasteiger partial charge in [-0.25, -0.2) is 4.39 Å². The molecule has 1 aromatic rings. The molecule has 0 saturated heterocycles. The van der Waals surface area contributed by atoms with Crippen molar-refractivity contribution in [2.75, 3.05) is 7.05 Å². The van der Waals surface area contributed by atoms with Gasteiger partial charge in [-0.05, 0) is 32.0 Å². The Morgan fingerprint density at radius 3 is 2.75 bits per heavy atom. The molecular weight excluding hydrogens is 211 g/mol. The molecule has 1 aromatic carbocycles. The first kappa shape index (κ1) is 12.6. The molecule has 1 atom stereocenters. The first-order valence-corrected chi connectivity index (χ1v) is 5.18. The summed E-state index contributed by atoms with van der Waals surface area (Å²) in [6, 6.07) is 3.69. The average Bonchev–Trinajstić information content (AvgIpc) is 2.25. The molecule has 0 bridgehead atoms. The Morgan fingerprint density at radius 1 is 1.56 bits per heavy atom. The van der Waals surface area contributed by atoms with E-state index in [1.54, 1.807) is 7.05 Å². The highest BCUT2D eigenvalue weighted by molar-refractivity contribution is 5.40. The predicted molar refractivity (Wildman–Crippen MR) is 59.9 cm³/mol. The van der Waals surface area contributed by atoms with Gasteiger partial charge in [0.05, 0.1) is 4.92 Å². The van der Waals surface area contributed by atoms with Crippen LogP contribution >= 0.6 is 0 Å². The molecule has 1 unspecified atom stereocenters. The summed E-state index contributed by atoms with van der Waals surface area (Å²) in [6.45, 7) is 1.98. The summed E-state index contributed by atoms with van der Waals surface area (Å²) < 4.78 is 13.0. The van der Waals surface area contributed by atoms with Crippen molar-refractivity contribution < 1.29 is 9.31 Å². The van der Waals surface area contributed by atoms with E-state index in [-0.39, 0.29) is 11.7 Å². The highest BCUT2D eigenvalue weighted by Gasteiger charge is 2.17. The Hall–Kier alpha value is -1.49. The van der Waals surface area contributed by atoms with Crippen molar-refractivity contribution in [2.24, 2.45) is 0 Å². The fraction of sp³-hybridized carbons (Fsp3) is 0.455. The van der Waals surface area contributed by atoms with Crippen molar-refractivity contribution in [3.05, 3.63) is 39.7 Å². The molecule has 4 nitrogen and oxygen atoms in total. The molecule has 1 N–H and O–H groups in total. The molecule has 0 aromatic heterocycles. The van der Waals surface area contributed by atoms with E-state index >= 15 is 0 Å². The van der Waals surface area contributed by atoms with Crippen molar-refractivity contribution >= 4 is 5.69 Å². The molecule has 0 amide bonds. The smallest absolute Gasteiger partial charge is 0.272 e. The first-order chi connectivity index (χ1) is 7.58. The number of nitrogens with one attached hydrogen (secondary N) is 1. The lowest BCUT2D eigenvalue weighted by Crippen LogP contribution is -2.26. The van der Waals surface area contributed by atoms with Crippen LogP contribution in [-0.2, 0) is 6.42 Å². The average molecular weight is 226 g/mol. The van der Waals surface area contributed by atoms with E-state index in [0.717, 1.165) is 12.5 Å². The molecule has 0 spiro atoms. The van der Waals surface area contributed by atoms with Crippen LogP contribution in [0.5, 0.6) is 0 Å². The molecular formula is C11H15FN2O2. The van der Waals surface area contributed by atoms with Gasteiger partial charge in [0.15, 0.2) is 0 Å².